The molecule has 3 N–H and O–H groups in total. The molecule has 0 radical (unpaired) electrons. The van der Waals surface area contributed by atoms with Gasteiger partial charge in [0.1, 0.15) is 0 Å². The number of carbonyl (C=O) groups is 1. The summed E-state index contributed by atoms with van der Waals surface area (Å²) in [6, 6.07) is 5.90. The summed E-state index contributed by atoms with van der Waals surface area (Å²) >= 11 is 3.50. The summed E-state index contributed by atoms with van der Waals surface area (Å²) < 4.78 is 1.01. The topological polar surface area (TPSA) is 55.1 Å². The van der Waals surface area contributed by atoms with Crippen LogP contribution in [0.5, 0.6) is 0 Å². The highest BCUT2D eigenvalue weighted by atomic mass is 79.9. The first-order valence-electron chi connectivity index (χ1n) is 7.35. The summed E-state index contributed by atoms with van der Waals surface area (Å²) in [5.74, 6) is 0.0812. The fourth-order valence-corrected chi connectivity index (χ4v) is 3.24. The Balaban J connectivity index is 2.14. The van der Waals surface area contributed by atoms with E-state index >= 15 is 0 Å². The molecule has 1 aromatic carbocycles. The van der Waals surface area contributed by atoms with Crippen molar-refractivity contribution in [2.45, 2.75) is 45.4 Å². The maximum absolute atomic E-state index is 12.7. The zero-order chi connectivity index (χ0) is 14.6. The van der Waals surface area contributed by atoms with E-state index < -0.39 is 0 Å². The van der Waals surface area contributed by atoms with E-state index in [1.807, 2.05) is 25.1 Å². The summed E-state index contributed by atoms with van der Waals surface area (Å²) in [6.45, 7) is 2.47. The van der Waals surface area contributed by atoms with Crippen molar-refractivity contribution < 1.29 is 4.79 Å². The molecule has 1 amide bonds. The lowest BCUT2D eigenvalue weighted by Gasteiger charge is -2.29. The molecule has 0 aromatic heterocycles. The molecule has 0 unspecified atom stereocenters. The molecule has 0 saturated heterocycles. The molecule has 110 valence electrons. The van der Waals surface area contributed by atoms with Crippen molar-refractivity contribution >= 4 is 27.5 Å². The first-order valence-corrected chi connectivity index (χ1v) is 8.14. The standard InChI is InChI=1S/C16H23BrN2O/c1-12-6-7-13(10-14(12)17)19-15(20)16(11-18)8-4-2-3-5-9-16/h6-7,10H,2-5,8-9,11,18H2,1H3,(H,19,20). The minimum absolute atomic E-state index is 0.0812. The Hall–Kier alpha value is -0.870. The number of carbonyl (C=O) groups excluding carboxylic acids is 1. The fourth-order valence-electron chi connectivity index (χ4n) is 2.86. The van der Waals surface area contributed by atoms with Crippen molar-refractivity contribution in [1.82, 2.24) is 0 Å². The number of amides is 1. The van der Waals surface area contributed by atoms with Gasteiger partial charge in [-0.1, -0.05) is 47.7 Å². The van der Waals surface area contributed by atoms with Crippen molar-refractivity contribution in [1.29, 1.82) is 0 Å². The third-order valence-electron chi connectivity index (χ3n) is 4.36. The van der Waals surface area contributed by atoms with Gasteiger partial charge in [0.05, 0.1) is 5.41 Å². The van der Waals surface area contributed by atoms with Crippen LogP contribution in [0.15, 0.2) is 22.7 Å². The Kier molecular flexibility index (Phi) is 5.22. The average molecular weight is 339 g/mol. The Morgan fingerprint density at radius 1 is 1.30 bits per heavy atom. The van der Waals surface area contributed by atoms with E-state index in [1.165, 1.54) is 12.8 Å². The SMILES string of the molecule is Cc1ccc(NC(=O)C2(CN)CCCCCC2)cc1Br. The van der Waals surface area contributed by atoms with Gasteiger partial charge in [-0.05, 0) is 37.5 Å². The Morgan fingerprint density at radius 3 is 2.50 bits per heavy atom. The Labute approximate surface area is 129 Å². The fraction of sp³-hybridized carbons (Fsp3) is 0.562. The number of halogens is 1. The summed E-state index contributed by atoms with van der Waals surface area (Å²) in [6.07, 6.45) is 6.44. The highest BCUT2D eigenvalue weighted by Crippen LogP contribution is 2.35. The van der Waals surface area contributed by atoms with Gasteiger partial charge in [0.15, 0.2) is 0 Å². The minimum Gasteiger partial charge on any atom is -0.329 e. The average Bonchev–Trinajstić information content (AvgIpc) is 2.69. The quantitative estimate of drug-likeness (QED) is 0.818. The molecular formula is C16H23BrN2O. The number of nitrogens with two attached hydrogens (primary N) is 1. The first kappa shape index (κ1) is 15.5. The van der Waals surface area contributed by atoms with E-state index in [4.69, 9.17) is 5.73 Å². The molecule has 1 aliphatic rings. The minimum atomic E-state index is -0.381. The second-order valence-corrected chi connectivity index (χ2v) is 6.67. The number of aryl methyl sites for hydroxylation is 1. The molecule has 0 atom stereocenters. The smallest absolute Gasteiger partial charge is 0.231 e. The van der Waals surface area contributed by atoms with Gasteiger partial charge in [0, 0.05) is 16.7 Å². The van der Waals surface area contributed by atoms with Crippen molar-refractivity contribution in [2.75, 3.05) is 11.9 Å². The number of anilines is 1. The van der Waals surface area contributed by atoms with E-state index in [-0.39, 0.29) is 11.3 Å². The van der Waals surface area contributed by atoms with E-state index in [0.717, 1.165) is 41.4 Å². The van der Waals surface area contributed by atoms with E-state index in [1.54, 1.807) is 0 Å². The molecule has 4 heteroatoms. The van der Waals surface area contributed by atoms with Gasteiger partial charge in [-0.3, -0.25) is 4.79 Å². The van der Waals surface area contributed by atoms with E-state index in [9.17, 15) is 4.79 Å². The third kappa shape index (κ3) is 3.41. The van der Waals surface area contributed by atoms with Crippen LogP contribution in [0.25, 0.3) is 0 Å². The van der Waals surface area contributed by atoms with Crippen LogP contribution in [0.4, 0.5) is 5.69 Å². The van der Waals surface area contributed by atoms with Crippen LogP contribution in [-0.4, -0.2) is 12.5 Å². The molecule has 1 aliphatic carbocycles. The molecule has 0 spiro atoms. The van der Waals surface area contributed by atoms with Gasteiger partial charge in [-0.25, -0.2) is 0 Å². The van der Waals surface area contributed by atoms with Crippen molar-refractivity contribution in [3.8, 4) is 0 Å². The van der Waals surface area contributed by atoms with Gasteiger partial charge >= 0.3 is 0 Å². The molecule has 3 nitrogen and oxygen atoms in total. The van der Waals surface area contributed by atoms with Crippen LogP contribution in [0.2, 0.25) is 0 Å². The van der Waals surface area contributed by atoms with Crippen LogP contribution in [0, 0.1) is 12.3 Å². The van der Waals surface area contributed by atoms with Gasteiger partial charge in [0.25, 0.3) is 0 Å². The number of hydrogen-bond donors (Lipinski definition) is 2. The first-order chi connectivity index (χ1) is 9.57. The lowest BCUT2D eigenvalue weighted by atomic mass is 9.79. The third-order valence-corrected chi connectivity index (χ3v) is 5.22. The molecule has 0 aliphatic heterocycles. The molecule has 1 fully saturated rings. The summed E-state index contributed by atoms with van der Waals surface area (Å²) in [5, 5.41) is 3.05. The van der Waals surface area contributed by atoms with Gasteiger partial charge in [-0.15, -0.1) is 0 Å². The van der Waals surface area contributed by atoms with Crippen molar-refractivity contribution in [3.63, 3.8) is 0 Å². The van der Waals surface area contributed by atoms with Gasteiger partial charge in [-0.2, -0.15) is 0 Å². The predicted molar refractivity (Wildman–Crippen MR) is 86.7 cm³/mol. The largest absolute Gasteiger partial charge is 0.329 e. The van der Waals surface area contributed by atoms with Crippen molar-refractivity contribution in [3.05, 3.63) is 28.2 Å². The van der Waals surface area contributed by atoms with Crippen LogP contribution >= 0.6 is 15.9 Å². The van der Waals surface area contributed by atoms with Gasteiger partial charge < -0.3 is 11.1 Å². The summed E-state index contributed by atoms with van der Waals surface area (Å²) in [7, 11) is 0. The van der Waals surface area contributed by atoms with E-state index in [2.05, 4.69) is 21.2 Å². The monoisotopic (exact) mass is 338 g/mol. The molecule has 2 rings (SSSR count). The Morgan fingerprint density at radius 2 is 1.95 bits per heavy atom. The summed E-state index contributed by atoms with van der Waals surface area (Å²) in [4.78, 5) is 12.7. The molecule has 0 heterocycles. The van der Waals surface area contributed by atoms with Gasteiger partial charge in [0.2, 0.25) is 5.91 Å². The number of rotatable bonds is 3. The van der Waals surface area contributed by atoms with Crippen LogP contribution in [0.3, 0.4) is 0 Å². The maximum Gasteiger partial charge on any atom is 0.231 e. The second-order valence-electron chi connectivity index (χ2n) is 5.82. The van der Waals surface area contributed by atoms with Crippen molar-refractivity contribution in [2.24, 2.45) is 11.1 Å². The van der Waals surface area contributed by atoms with Crippen LogP contribution in [0.1, 0.15) is 44.1 Å². The highest BCUT2D eigenvalue weighted by Gasteiger charge is 2.37. The summed E-state index contributed by atoms with van der Waals surface area (Å²) in [5.41, 5.74) is 7.56. The van der Waals surface area contributed by atoms with Crippen LogP contribution in [-0.2, 0) is 4.79 Å². The lowest BCUT2D eigenvalue weighted by molar-refractivity contribution is -0.125. The predicted octanol–water partition coefficient (Wildman–Crippen LogP) is 4.00. The number of nitrogens with one attached hydrogen (secondary N) is 1. The zero-order valence-electron chi connectivity index (χ0n) is 12.0. The number of benzene rings is 1. The van der Waals surface area contributed by atoms with E-state index in [0.29, 0.717) is 6.54 Å². The highest BCUT2D eigenvalue weighted by molar-refractivity contribution is 9.10. The Bertz CT molecular complexity index is 479. The number of hydrogen-bond acceptors (Lipinski definition) is 2. The second kappa shape index (κ2) is 6.72. The molecule has 1 saturated carbocycles. The molecule has 0 bridgehead atoms. The lowest BCUT2D eigenvalue weighted by Crippen LogP contribution is -2.42. The molecule has 1 aromatic rings. The normalized spacial score (nSPS) is 18.4. The maximum atomic E-state index is 12.7. The zero-order valence-corrected chi connectivity index (χ0v) is 13.6. The van der Waals surface area contributed by atoms with Crippen LogP contribution < -0.4 is 11.1 Å². The molecule has 20 heavy (non-hydrogen) atoms. The molecular weight excluding hydrogens is 316 g/mol.